The minimum atomic E-state index is -0.172. The zero-order chi connectivity index (χ0) is 53.6. The molecule has 2 heterocycles. The molecule has 0 saturated carbocycles. The predicted octanol–water partition coefficient (Wildman–Crippen LogP) is 20.3. The summed E-state index contributed by atoms with van der Waals surface area (Å²) in [6.07, 6.45) is 4.08. The first-order valence-electron chi connectivity index (χ1n) is 27.5. The smallest absolute Gasteiger partial charge is 0.145 e. The number of benzene rings is 8. The summed E-state index contributed by atoms with van der Waals surface area (Å²) in [4.78, 5) is 10.6. The second kappa shape index (κ2) is 21.1. The van der Waals surface area contributed by atoms with Crippen molar-refractivity contribution in [3.05, 3.63) is 216 Å². The SMILES string of the molecule is CC(C)c1cc(Oc2cc(-c3nccn3-c3c(C(C)C)cc(-c4ccc(-c5ccc(-c6ccccc6)cc5)cc4)cc3C(C)C)cc(C(C)(C)C)c2)cc(-c2nc3ccccc3n2-c2c(C(C)C)cccc2C(C)C)c1. The van der Waals surface area contributed by atoms with Crippen molar-refractivity contribution < 1.29 is 4.74 Å². The average Bonchev–Trinajstić information content (AvgIpc) is 4.13. The third kappa shape index (κ3) is 10.3. The summed E-state index contributed by atoms with van der Waals surface area (Å²) >= 11 is 0. The second-order valence-electron chi connectivity index (χ2n) is 23.4. The van der Waals surface area contributed by atoms with Gasteiger partial charge in [0.15, 0.2) is 0 Å². The number of hydrogen-bond acceptors (Lipinski definition) is 3. The molecule has 0 radical (unpaired) electrons. The van der Waals surface area contributed by atoms with E-state index in [2.05, 4.69) is 275 Å². The molecule has 0 fully saturated rings. The molecule has 0 saturated heterocycles. The Labute approximate surface area is 452 Å². The molecule has 76 heavy (non-hydrogen) atoms. The van der Waals surface area contributed by atoms with E-state index in [1.165, 1.54) is 78.1 Å². The van der Waals surface area contributed by atoms with Crippen LogP contribution in [-0.4, -0.2) is 19.1 Å². The Kier molecular flexibility index (Phi) is 14.4. The summed E-state index contributed by atoms with van der Waals surface area (Å²) in [5.74, 6) is 4.70. The van der Waals surface area contributed by atoms with E-state index in [4.69, 9.17) is 14.7 Å². The van der Waals surface area contributed by atoms with Gasteiger partial charge < -0.3 is 4.74 Å². The van der Waals surface area contributed by atoms with Crippen LogP contribution in [0.3, 0.4) is 0 Å². The van der Waals surface area contributed by atoms with Crippen LogP contribution in [0.2, 0.25) is 0 Å². The lowest BCUT2D eigenvalue weighted by atomic mass is 9.85. The van der Waals surface area contributed by atoms with Crippen LogP contribution < -0.4 is 4.74 Å². The van der Waals surface area contributed by atoms with Gasteiger partial charge in [0.1, 0.15) is 23.1 Å². The van der Waals surface area contributed by atoms with Crippen LogP contribution in [0.5, 0.6) is 11.5 Å². The van der Waals surface area contributed by atoms with E-state index in [0.717, 1.165) is 45.3 Å². The lowest BCUT2D eigenvalue weighted by molar-refractivity contribution is 0.478. The van der Waals surface area contributed by atoms with Crippen LogP contribution >= 0.6 is 0 Å². The van der Waals surface area contributed by atoms with Crippen molar-refractivity contribution >= 4 is 11.0 Å². The largest absolute Gasteiger partial charge is 0.457 e. The summed E-state index contributed by atoms with van der Waals surface area (Å²) in [5.41, 5.74) is 21.1. The third-order valence-electron chi connectivity index (χ3n) is 15.1. The van der Waals surface area contributed by atoms with Crippen LogP contribution in [0.4, 0.5) is 0 Å². The van der Waals surface area contributed by atoms with E-state index < -0.39 is 0 Å². The van der Waals surface area contributed by atoms with Gasteiger partial charge in [0.2, 0.25) is 0 Å². The van der Waals surface area contributed by atoms with Crippen LogP contribution in [0.25, 0.3) is 78.6 Å². The van der Waals surface area contributed by atoms with Gasteiger partial charge >= 0.3 is 0 Å². The maximum Gasteiger partial charge on any atom is 0.145 e. The Morgan fingerprint density at radius 1 is 0.408 bits per heavy atom. The van der Waals surface area contributed by atoms with Crippen molar-refractivity contribution in [1.29, 1.82) is 0 Å². The van der Waals surface area contributed by atoms with Crippen LogP contribution in [0.1, 0.15) is 153 Å². The predicted molar refractivity (Wildman–Crippen MR) is 321 cm³/mol. The summed E-state index contributed by atoms with van der Waals surface area (Å²) < 4.78 is 11.9. The molecule has 0 aliphatic carbocycles. The monoisotopic (exact) mass is 999 g/mol. The van der Waals surface area contributed by atoms with Crippen LogP contribution in [-0.2, 0) is 5.41 Å². The fraction of sp³-hybridized carbons (Fsp3) is 0.268. The number of hydrogen-bond donors (Lipinski definition) is 0. The van der Waals surface area contributed by atoms with Crippen molar-refractivity contribution in [2.75, 3.05) is 0 Å². The zero-order valence-electron chi connectivity index (χ0n) is 46.9. The van der Waals surface area contributed by atoms with E-state index in [-0.39, 0.29) is 23.2 Å². The lowest BCUT2D eigenvalue weighted by Gasteiger charge is -2.25. The van der Waals surface area contributed by atoms with Crippen molar-refractivity contribution in [2.45, 2.75) is 125 Å². The van der Waals surface area contributed by atoms with Gasteiger partial charge in [0.05, 0.1) is 22.4 Å². The van der Waals surface area contributed by atoms with Gasteiger partial charge in [-0.2, -0.15) is 0 Å². The highest BCUT2D eigenvalue weighted by Crippen LogP contribution is 2.43. The highest BCUT2D eigenvalue weighted by Gasteiger charge is 2.26. The molecule has 10 rings (SSSR count). The van der Waals surface area contributed by atoms with Gasteiger partial charge in [-0.3, -0.25) is 9.13 Å². The Morgan fingerprint density at radius 3 is 1.45 bits per heavy atom. The minimum absolute atomic E-state index is 0.172. The fourth-order valence-electron chi connectivity index (χ4n) is 10.8. The standard InChI is InChI=1S/C71H74N4O/c1-44(2)54-36-56(70-73-65-24-17-18-25-66(65)75(70)68-61(45(3)4)22-19-23-62(68)46(5)6)39-59(38-54)76-60-40-57(37-58(43-60)71(11,12)13)69-72-34-35-74(69)67-63(47(7)8)41-55(42-64(67)48(9)10)53-32-30-52(31-33-53)51-28-26-50(27-29-51)49-20-15-14-16-21-49/h14-48H,1-13H3. The maximum absolute atomic E-state index is 7.17. The molecule has 8 aromatic carbocycles. The number of fused-ring (bicyclic) bond motifs is 1. The first-order chi connectivity index (χ1) is 36.4. The van der Waals surface area contributed by atoms with Gasteiger partial charge in [-0.25, -0.2) is 9.97 Å². The molecule has 0 bridgehead atoms. The Bertz CT molecular complexity index is 3620. The van der Waals surface area contributed by atoms with Crippen LogP contribution in [0, 0.1) is 0 Å². The molecule has 0 spiro atoms. The summed E-state index contributed by atoms with van der Waals surface area (Å²) in [7, 11) is 0. The molecule has 2 aromatic heterocycles. The Hall–Kier alpha value is -7.76. The average molecular weight is 999 g/mol. The van der Waals surface area contributed by atoms with Gasteiger partial charge in [-0.15, -0.1) is 0 Å². The number of aromatic nitrogens is 4. The normalized spacial score (nSPS) is 12.1. The quantitative estimate of drug-likeness (QED) is 0.109. The van der Waals surface area contributed by atoms with E-state index in [1.54, 1.807) is 0 Å². The highest BCUT2D eigenvalue weighted by atomic mass is 16.5. The van der Waals surface area contributed by atoms with Crippen molar-refractivity contribution in [1.82, 2.24) is 19.1 Å². The van der Waals surface area contributed by atoms with Crippen molar-refractivity contribution in [3.63, 3.8) is 0 Å². The molecule has 0 unspecified atom stereocenters. The zero-order valence-corrected chi connectivity index (χ0v) is 46.9. The van der Waals surface area contributed by atoms with Crippen molar-refractivity contribution in [3.8, 4) is 79.0 Å². The molecular formula is C71H74N4O. The number of para-hydroxylation sites is 3. The molecule has 10 aromatic rings. The lowest BCUT2D eigenvalue weighted by Crippen LogP contribution is -2.12. The number of rotatable bonds is 14. The molecule has 0 aliphatic heterocycles. The molecule has 5 heteroatoms. The van der Waals surface area contributed by atoms with E-state index >= 15 is 0 Å². The summed E-state index contributed by atoms with van der Waals surface area (Å²) in [6, 6.07) is 62.0. The van der Waals surface area contributed by atoms with E-state index in [9.17, 15) is 0 Å². The highest BCUT2D eigenvalue weighted by molar-refractivity contribution is 5.85. The summed E-state index contributed by atoms with van der Waals surface area (Å²) in [5, 5.41) is 0. The third-order valence-corrected chi connectivity index (χ3v) is 15.1. The number of ether oxygens (including phenoxy) is 1. The first-order valence-corrected chi connectivity index (χ1v) is 27.5. The topological polar surface area (TPSA) is 44.9 Å². The van der Waals surface area contributed by atoms with E-state index in [0.29, 0.717) is 11.8 Å². The second-order valence-corrected chi connectivity index (χ2v) is 23.4. The first kappa shape index (κ1) is 51.7. The molecule has 0 N–H and O–H groups in total. The van der Waals surface area contributed by atoms with Gasteiger partial charge in [-0.05, 0) is 162 Å². The van der Waals surface area contributed by atoms with Gasteiger partial charge in [0, 0.05) is 23.5 Å². The minimum Gasteiger partial charge on any atom is -0.457 e. The molecule has 5 nitrogen and oxygen atoms in total. The number of imidazole rings is 2. The van der Waals surface area contributed by atoms with Crippen LogP contribution in [0.15, 0.2) is 182 Å². The number of nitrogens with zero attached hydrogens (tertiary/aromatic N) is 4. The van der Waals surface area contributed by atoms with Crippen molar-refractivity contribution in [2.24, 2.45) is 0 Å². The molecule has 0 atom stereocenters. The molecule has 0 aliphatic rings. The molecular weight excluding hydrogens is 925 g/mol. The fourth-order valence-corrected chi connectivity index (χ4v) is 10.8. The molecule has 384 valence electrons. The Balaban J connectivity index is 1.05. The Morgan fingerprint density at radius 2 is 0.908 bits per heavy atom. The van der Waals surface area contributed by atoms with Gasteiger partial charge in [0.25, 0.3) is 0 Å². The molecule has 0 amide bonds. The van der Waals surface area contributed by atoms with Gasteiger partial charge in [-0.1, -0.05) is 199 Å². The summed E-state index contributed by atoms with van der Waals surface area (Å²) in [6.45, 7) is 29.7. The maximum atomic E-state index is 7.17. The van der Waals surface area contributed by atoms with E-state index in [1.807, 2.05) is 6.20 Å².